The lowest BCUT2D eigenvalue weighted by atomic mass is 10.2. The van der Waals surface area contributed by atoms with Crippen LogP contribution < -0.4 is 4.90 Å². The zero-order chi connectivity index (χ0) is 13.9. The van der Waals surface area contributed by atoms with Crippen molar-refractivity contribution in [1.82, 2.24) is 14.9 Å². The van der Waals surface area contributed by atoms with E-state index in [0.29, 0.717) is 23.3 Å². The first kappa shape index (κ1) is 13.2. The third-order valence-electron chi connectivity index (χ3n) is 3.68. The van der Waals surface area contributed by atoms with Gasteiger partial charge in [-0.05, 0) is 12.1 Å². The van der Waals surface area contributed by atoms with Gasteiger partial charge in [0.05, 0.1) is 17.5 Å². The van der Waals surface area contributed by atoms with Crippen LogP contribution >= 0.6 is 0 Å². The van der Waals surface area contributed by atoms with E-state index in [-0.39, 0.29) is 12.4 Å². The molecule has 0 amide bonds. The number of aliphatic hydroxyl groups excluding tert-OH is 1. The standard InChI is InChI=1S/C14H17FN4O/c15-11-2-1-3-12-13(11)14(17-10-16-12)19-6-4-18(5-7-19)8-9-20/h1-3,10,20H,4-9H2. The highest BCUT2D eigenvalue weighted by Gasteiger charge is 2.20. The quantitative estimate of drug-likeness (QED) is 0.902. The summed E-state index contributed by atoms with van der Waals surface area (Å²) in [6.45, 7) is 4.11. The molecule has 0 spiro atoms. The second-order valence-corrected chi connectivity index (χ2v) is 4.88. The van der Waals surface area contributed by atoms with Crippen molar-refractivity contribution in [3.05, 3.63) is 30.3 Å². The molecule has 1 aliphatic rings. The van der Waals surface area contributed by atoms with Gasteiger partial charge in [0.2, 0.25) is 0 Å². The summed E-state index contributed by atoms with van der Waals surface area (Å²) in [4.78, 5) is 12.7. The van der Waals surface area contributed by atoms with Gasteiger partial charge in [-0.2, -0.15) is 0 Å². The fraction of sp³-hybridized carbons (Fsp3) is 0.429. The van der Waals surface area contributed by atoms with Gasteiger partial charge in [0.15, 0.2) is 0 Å². The number of halogens is 1. The highest BCUT2D eigenvalue weighted by Crippen LogP contribution is 2.26. The van der Waals surface area contributed by atoms with E-state index in [2.05, 4.69) is 19.8 Å². The van der Waals surface area contributed by atoms with Crippen LogP contribution in [0.2, 0.25) is 0 Å². The average molecular weight is 276 g/mol. The number of aliphatic hydroxyl groups is 1. The lowest BCUT2D eigenvalue weighted by molar-refractivity contribution is 0.188. The van der Waals surface area contributed by atoms with Gasteiger partial charge in [-0.15, -0.1) is 0 Å². The van der Waals surface area contributed by atoms with Crippen molar-refractivity contribution in [2.45, 2.75) is 0 Å². The average Bonchev–Trinajstić information content (AvgIpc) is 2.48. The molecule has 0 atom stereocenters. The minimum absolute atomic E-state index is 0.172. The van der Waals surface area contributed by atoms with Crippen LogP contribution in [0.3, 0.4) is 0 Å². The number of nitrogens with zero attached hydrogens (tertiary/aromatic N) is 4. The van der Waals surface area contributed by atoms with E-state index in [1.807, 2.05) is 0 Å². The summed E-state index contributed by atoms with van der Waals surface area (Å²) in [6, 6.07) is 4.90. The van der Waals surface area contributed by atoms with Crippen molar-refractivity contribution in [1.29, 1.82) is 0 Å². The van der Waals surface area contributed by atoms with Crippen LogP contribution in [0.15, 0.2) is 24.5 Å². The Bertz CT molecular complexity index is 593. The summed E-state index contributed by atoms with van der Waals surface area (Å²) in [5.74, 6) is 0.382. The highest BCUT2D eigenvalue weighted by atomic mass is 19.1. The van der Waals surface area contributed by atoms with E-state index < -0.39 is 0 Å². The minimum atomic E-state index is -0.282. The first-order valence-electron chi connectivity index (χ1n) is 6.77. The molecule has 1 N–H and O–H groups in total. The summed E-state index contributed by atoms with van der Waals surface area (Å²) in [5, 5.41) is 9.45. The van der Waals surface area contributed by atoms with E-state index in [9.17, 15) is 4.39 Å². The smallest absolute Gasteiger partial charge is 0.142 e. The number of benzene rings is 1. The summed E-state index contributed by atoms with van der Waals surface area (Å²) >= 11 is 0. The Balaban J connectivity index is 1.88. The Morgan fingerprint density at radius 2 is 1.95 bits per heavy atom. The topological polar surface area (TPSA) is 52.5 Å². The maximum atomic E-state index is 14.0. The van der Waals surface area contributed by atoms with E-state index in [4.69, 9.17) is 5.11 Å². The van der Waals surface area contributed by atoms with Gasteiger partial charge in [0.1, 0.15) is 18.0 Å². The highest BCUT2D eigenvalue weighted by molar-refractivity contribution is 5.89. The maximum absolute atomic E-state index is 14.0. The summed E-state index contributed by atoms with van der Waals surface area (Å²) in [7, 11) is 0. The fourth-order valence-electron chi connectivity index (χ4n) is 2.62. The summed E-state index contributed by atoms with van der Waals surface area (Å²) in [6.07, 6.45) is 1.48. The molecule has 0 unspecified atom stereocenters. The zero-order valence-corrected chi connectivity index (χ0v) is 11.2. The Kier molecular flexibility index (Phi) is 3.75. The first-order valence-corrected chi connectivity index (χ1v) is 6.77. The van der Waals surface area contributed by atoms with Gasteiger partial charge in [0.25, 0.3) is 0 Å². The number of hydrogen-bond acceptors (Lipinski definition) is 5. The van der Waals surface area contributed by atoms with Crippen molar-refractivity contribution in [3.8, 4) is 0 Å². The lowest BCUT2D eigenvalue weighted by Gasteiger charge is -2.35. The van der Waals surface area contributed by atoms with E-state index >= 15 is 0 Å². The number of fused-ring (bicyclic) bond motifs is 1. The lowest BCUT2D eigenvalue weighted by Crippen LogP contribution is -2.47. The van der Waals surface area contributed by atoms with Crippen molar-refractivity contribution < 1.29 is 9.50 Å². The fourth-order valence-corrected chi connectivity index (χ4v) is 2.62. The Hall–Kier alpha value is -1.79. The Morgan fingerprint density at radius 3 is 2.70 bits per heavy atom. The molecular weight excluding hydrogens is 259 g/mol. The van der Waals surface area contributed by atoms with Crippen molar-refractivity contribution >= 4 is 16.7 Å². The molecule has 1 aromatic carbocycles. The van der Waals surface area contributed by atoms with E-state index in [1.54, 1.807) is 12.1 Å². The largest absolute Gasteiger partial charge is 0.395 e. The molecule has 0 saturated carbocycles. The monoisotopic (exact) mass is 276 g/mol. The third kappa shape index (κ3) is 2.44. The molecule has 2 heterocycles. The van der Waals surface area contributed by atoms with E-state index in [0.717, 1.165) is 26.2 Å². The molecule has 0 bridgehead atoms. The molecule has 1 aliphatic heterocycles. The van der Waals surface area contributed by atoms with Crippen LogP contribution in [0.1, 0.15) is 0 Å². The normalized spacial score (nSPS) is 16.8. The number of β-amino-alcohol motifs (C(OH)–C–C–N with tert-alkyl or cyclic N) is 1. The van der Waals surface area contributed by atoms with Crippen LogP contribution in [0.25, 0.3) is 10.9 Å². The van der Waals surface area contributed by atoms with Crippen LogP contribution in [-0.2, 0) is 0 Å². The Labute approximate surface area is 116 Å². The summed E-state index contributed by atoms with van der Waals surface area (Å²) < 4.78 is 14.0. The molecule has 0 aliphatic carbocycles. The van der Waals surface area contributed by atoms with Gasteiger partial charge >= 0.3 is 0 Å². The molecule has 0 radical (unpaired) electrons. The van der Waals surface area contributed by atoms with Crippen LogP contribution in [-0.4, -0.2) is 59.3 Å². The molecule has 5 nitrogen and oxygen atoms in total. The van der Waals surface area contributed by atoms with Crippen molar-refractivity contribution in [2.24, 2.45) is 0 Å². The van der Waals surface area contributed by atoms with Gasteiger partial charge < -0.3 is 10.0 Å². The predicted molar refractivity (Wildman–Crippen MR) is 75.2 cm³/mol. The SMILES string of the molecule is OCCN1CCN(c2ncnc3cccc(F)c23)CC1. The number of anilines is 1. The molecule has 3 rings (SSSR count). The molecular formula is C14H17FN4O. The molecule has 106 valence electrons. The van der Waals surface area contributed by atoms with Crippen LogP contribution in [0, 0.1) is 5.82 Å². The minimum Gasteiger partial charge on any atom is -0.395 e. The number of rotatable bonds is 3. The van der Waals surface area contributed by atoms with Gasteiger partial charge in [-0.3, -0.25) is 4.90 Å². The number of piperazine rings is 1. The number of aromatic nitrogens is 2. The van der Waals surface area contributed by atoms with Crippen molar-refractivity contribution in [3.63, 3.8) is 0 Å². The number of hydrogen-bond donors (Lipinski definition) is 1. The Morgan fingerprint density at radius 1 is 1.15 bits per heavy atom. The van der Waals surface area contributed by atoms with Gasteiger partial charge in [0, 0.05) is 32.7 Å². The first-order chi connectivity index (χ1) is 9.79. The second-order valence-electron chi connectivity index (χ2n) is 4.88. The third-order valence-corrected chi connectivity index (χ3v) is 3.68. The molecule has 1 aromatic heterocycles. The van der Waals surface area contributed by atoms with Crippen LogP contribution in [0.5, 0.6) is 0 Å². The van der Waals surface area contributed by atoms with Crippen LogP contribution in [0.4, 0.5) is 10.2 Å². The van der Waals surface area contributed by atoms with E-state index in [1.165, 1.54) is 12.4 Å². The van der Waals surface area contributed by atoms with Gasteiger partial charge in [-0.1, -0.05) is 6.07 Å². The zero-order valence-electron chi connectivity index (χ0n) is 11.2. The summed E-state index contributed by atoms with van der Waals surface area (Å²) in [5.41, 5.74) is 0.632. The predicted octanol–water partition coefficient (Wildman–Crippen LogP) is 0.883. The molecule has 2 aromatic rings. The van der Waals surface area contributed by atoms with Crippen molar-refractivity contribution in [2.75, 3.05) is 44.2 Å². The molecule has 1 fully saturated rings. The second kappa shape index (κ2) is 5.68. The molecule has 6 heteroatoms. The molecule has 20 heavy (non-hydrogen) atoms. The molecule has 1 saturated heterocycles. The maximum Gasteiger partial charge on any atom is 0.142 e. The van der Waals surface area contributed by atoms with Gasteiger partial charge in [-0.25, -0.2) is 14.4 Å².